The normalized spacial score (nSPS) is 13.5. The predicted molar refractivity (Wildman–Crippen MR) is 29.6 cm³/mol. The van der Waals surface area contributed by atoms with Gasteiger partial charge in [0.15, 0.2) is 0 Å². The summed E-state index contributed by atoms with van der Waals surface area (Å²) >= 11 is 8.88. The molecule has 0 aromatic heterocycles. The van der Waals surface area contributed by atoms with Crippen LogP contribution in [0.1, 0.15) is 0 Å². The van der Waals surface area contributed by atoms with Crippen LogP contribution in [0.2, 0.25) is 0 Å². The molecule has 0 aromatic carbocycles. The van der Waals surface area contributed by atoms with Crippen LogP contribution in [0, 0.1) is 0 Å². The van der Waals surface area contributed by atoms with Crippen LogP contribution in [0.15, 0.2) is 9.98 Å². The summed E-state index contributed by atoms with van der Waals surface area (Å²) in [6, 6.07) is 0. The van der Waals surface area contributed by atoms with Gasteiger partial charge >= 0.3 is 37.7 Å². The van der Waals surface area contributed by atoms with Crippen LogP contribution in [0.3, 0.4) is 0 Å². The van der Waals surface area contributed by atoms with Crippen LogP contribution in [0.5, 0.6) is 0 Å². The van der Waals surface area contributed by atoms with Crippen molar-refractivity contribution in [3.8, 4) is 0 Å². The topological polar surface area (TPSA) is 24.7 Å². The molecule has 0 aromatic rings. The molecule has 0 spiro atoms. The third-order valence-electron chi connectivity index (χ3n) is 0.383. The summed E-state index contributed by atoms with van der Waals surface area (Å²) in [6.07, 6.45) is 0. The van der Waals surface area contributed by atoms with E-state index in [0.717, 1.165) is 0 Å². The van der Waals surface area contributed by atoms with Gasteiger partial charge in [-0.2, -0.15) is 0 Å². The zero-order valence-corrected chi connectivity index (χ0v) is 6.34. The van der Waals surface area contributed by atoms with E-state index in [4.69, 9.17) is 0 Å². The fourth-order valence-corrected chi connectivity index (χ4v) is 0.630. The third-order valence-corrected chi connectivity index (χ3v) is 0.748. The van der Waals surface area contributed by atoms with E-state index in [1.165, 1.54) is 0 Å². The maximum atomic E-state index is 4.44. The zero-order chi connectivity index (χ0) is 4.57. The number of aliphatic imine (C=N–C) groups is 2. The predicted octanol–water partition coefficient (Wildman–Crippen LogP) is -6.19. The molecule has 0 N–H and O–H groups in total. The van der Waals surface area contributed by atoms with Gasteiger partial charge in [-0.3, -0.25) is 9.98 Å². The summed E-state index contributed by atoms with van der Waals surface area (Å²) in [7, 11) is 0. The summed E-state index contributed by atoms with van der Waals surface area (Å²) in [5.41, 5.74) is 0. The van der Waals surface area contributed by atoms with Crippen molar-refractivity contribution in [1.82, 2.24) is 0 Å². The molecule has 8 heavy (non-hydrogen) atoms. The molecule has 0 saturated heterocycles. The zero-order valence-electron chi connectivity index (χ0n) is 4.71. The van der Waals surface area contributed by atoms with Crippen LogP contribution >= 0.6 is 0 Å². The molecule has 0 unspecified atom stereocenters. The molecule has 0 radical (unpaired) electrons. The van der Waals surface area contributed by atoms with Gasteiger partial charge in [0.25, 0.3) is 0 Å². The molecule has 2 nitrogen and oxygen atoms in total. The van der Waals surface area contributed by atoms with Crippen LogP contribution in [0.25, 0.3) is 0 Å². The van der Waals surface area contributed by atoms with Crippen LogP contribution < -0.4 is 37.7 Å². The van der Waals surface area contributed by atoms with Gasteiger partial charge in [0.2, 0.25) is 0 Å². The van der Waals surface area contributed by atoms with E-state index in [1.54, 1.807) is 0 Å². The first-order valence-corrected chi connectivity index (χ1v) is 2.12. The smallest absolute Gasteiger partial charge is 0.740 e. The molecule has 0 aliphatic carbocycles. The van der Waals surface area contributed by atoms with Crippen LogP contribution in [-0.4, -0.2) is 10.3 Å². The number of hydrogen-bond acceptors (Lipinski definition) is 4. The Morgan fingerprint density at radius 2 is 1.12 bits per heavy atom. The summed E-state index contributed by atoms with van der Waals surface area (Å²) in [4.78, 5) is 7.04. The van der Waals surface area contributed by atoms with Gasteiger partial charge in [0.1, 0.15) is 0 Å². The van der Waals surface area contributed by atoms with E-state index in [2.05, 4.69) is 35.2 Å². The monoisotopic (exact) mass is 130 g/mol. The molecular weight excluding hydrogens is 130 g/mol. The minimum atomic E-state index is 0. The second-order valence-corrected chi connectivity index (χ2v) is 1.52. The number of rotatable bonds is 0. The van der Waals surface area contributed by atoms with Gasteiger partial charge in [-0.25, -0.2) is 0 Å². The SMILES string of the molecule is [Li+].[Li+].[S-]C1=NC([S-])=N1. The van der Waals surface area contributed by atoms with Crippen molar-refractivity contribution < 1.29 is 37.7 Å². The average Bonchev–Trinajstić information content (AvgIpc) is 1.33. The van der Waals surface area contributed by atoms with Gasteiger partial charge in [-0.05, 0) is 0 Å². The molecule has 6 heteroatoms. The molecule has 1 rings (SSSR count). The largest absolute Gasteiger partial charge is 1.00 e. The molecule has 1 aliphatic rings. The quantitative estimate of drug-likeness (QED) is 0.241. The summed E-state index contributed by atoms with van der Waals surface area (Å²) in [5.74, 6) is 0. The van der Waals surface area contributed by atoms with E-state index in [1.807, 2.05) is 0 Å². The minimum Gasteiger partial charge on any atom is -0.740 e. The van der Waals surface area contributed by atoms with Crippen molar-refractivity contribution in [2.24, 2.45) is 9.98 Å². The van der Waals surface area contributed by atoms with Gasteiger partial charge in [0, 0.05) is 10.3 Å². The second kappa shape index (κ2) is 4.82. The summed E-state index contributed by atoms with van der Waals surface area (Å²) in [6.45, 7) is 0. The van der Waals surface area contributed by atoms with Gasteiger partial charge < -0.3 is 25.3 Å². The summed E-state index contributed by atoms with van der Waals surface area (Å²) in [5, 5.41) is 0.750. The van der Waals surface area contributed by atoms with Gasteiger partial charge in [0.05, 0.1) is 0 Å². The average molecular weight is 130 g/mol. The van der Waals surface area contributed by atoms with Crippen molar-refractivity contribution in [1.29, 1.82) is 0 Å². The molecule has 0 fully saturated rings. The fourth-order valence-electron chi connectivity index (χ4n) is 0.169. The van der Waals surface area contributed by atoms with E-state index >= 15 is 0 Å². The molecule has 1 heterocycles. The van der Waals surface area contributed by atoms with Crippen molar-refractivity contribution in [2.75, 3.05) is 0 Å². The summed E-state index contributed by atoms with van der Waals surface area (Å²) < 4.78 is 0. The number of nitrogens with zero attached hydrogens (tertiary/aromatic N) is 2. The number of hydrogen-bond donors (Lipinski definition) is 0. The number of amidine groups is 2. The molecular formula is C2Li2N2S2. The Kier molecular flexibility index (Phi) is 7.06. The third kappa shape index (κ3) is 3.09. The molecule has 0 amide bonds. The van der Waals surface area contributed by atoms with Crippen LogP contribution in [0.4, 0.5) is 0 Å². The van der Waals surface area contributed by atoms with E-state index in [9.17, 15) is 0 Å². The van der Waals surface area contributed by atoms with E-state index < -0.39 is 0 Å². The van der Waals surface area contributed by atoms with Crippen molar-refractivity contribution in [3.63, 3.8) is 0 Å². The van der Waals surface area contributed by atoms with E-state index in [-0.39, 0.29) is 37.7 Å². The Labute approximate surface area is 82.8 Å². The molecule has 32 valence electrons. The van der Waals surface area contributed by atoms with Crippen molar-refractivity contribution in [3.05, 3.63) is 0 Å². The molecule has 0 saturated carbocycles. The van der Waals surface area contributed by atoms with Gasteiger partial charge in [-0.15, -0.1) is 0 Å². The first-order valence-electron chi connectivity index (χ1n) is 1.30. The Hall–Kier alpha value is 0.975. The maximum Gasteiger partial charge on any atom is 1.00 e. The van der Waals surface area contributed by atoms with Crippen molar-refractivity contribution >= 4 is 35.6 Å². The Balaban J connectivity index is 0. The Morgan fingerprint density at radius 3 is 1.12 bits per heavy atom. The second-order valence-electron chi connectivity index (χ2n) is 0.789. The van der Waals surface area contributed by atoms with Crippen molar-refractivity contribution in [2.45, 2.75) is 0 Å². The van der Waals surface area contributed by atoms with Gasteiger partial charge in [-0.1, -0.05) is 0 Å². The Bertz CT molecular complexity index is 110. The molecule has 1 aliphatic heterocycles. The fraction of sp³-hybridized carbons (Fsp3) is 0. The maximum absolute atomic E-state index is 4.44. The first-order chi connectivity index (χ1) is 2.79. The first kappa shape index (κ1) is 11.7. The molecule has 0 atom stereocenters. The minimum absolute atomic E-state index is 0. The standard InChI is InChI=1S/C2H2N2S2.2Li/c5-1-3-2(6)4-1;;/h(H2,3,4,5,6);;/q;2*+1/p-2. The van der Waals surface area contributed by atoms with Crippen LogP contribution in [-0.2, 0) is 25.3 Å². The van der Waals surface area contributed by atoms with E-state index in [0.29, 0.717) is 10.3 Å². The molecule has 0 bridgehead atoms. The Morgan fingerprint density at radius 1 is 0.875 bits per heavy atom.